The zero-order chi connectivity index (χ0) is 19.9. The Bertz CT molecular complexity index is 730. The maximum Gasteiger partial charge on any atom is 0.237 e. The van der Waals surface area contributed by atoms with Crippen LogP contribution in [0.15, 0.2) is 16.3 Å². The molecule has 0 aromatic rings. The maximum absolute atomic E-state index is 11.8. The minimum atomic E-state index is -0.546. The Labute approximate surface area is 176 Å². The Hall–Kier alpha value is -1.21. The number of likely N-dealkylation sites (tertiary alicyclic amines) is 1. The highest BCUT2D eigenvalue weighted by atomic mass is 35.5. The van der Waals surface area contributed by atoms with Gasteiger partial charge in [-0.2, -0.15) is 0 Å². The van der Waals surface area contributed by atoms with Gasteiger partial charge in [-0.1, -0.05) is 19.0 Å². The first-order valence-electron chi connectivity index (χ1n) is 10.1. The van der Waals surface area contributed by atoms with Crippen molar-refractivity contribution in [1.82, 2.24) is 10.2 Å². The van der Waals surface area contributed by atoms with Crippen LogP contribution in [0.4, 0.5) is 0 Å². The first-order valence-corrected chi connectivity index (χ1v) is 11.6. The Morgan fingerprint density at radius 1 is 1.46 bits per heavy atom. The van der Waals surface area contributed by atoms with Crippen LogP contribution in [0.2, 0.25) is 0 Å². The molecule has 0 radical (unpaired) electrons. The predicted octanol–water partition coefficient (Wildman–Crippen LogP) is 3.71. The van der Waals surface area contributed by atoms with Crippen LogP contribution in [-0.2, 0) is 9.63 Å². The number of piperidine rings is 1. The SMILES string of the molecule is CC1(C)CCC(=N)C2(CC(C3=CSC(C4CCN(C(=O)CCl)CC4)N3)=NO2)C1. The zero-order valence-corrected chi connectivity index (χ0v) is 18.2. The molecule has 1 amide bonds. The molecule has 1 aliphatic carbocycles. The molecule has 4 rings (SSSR count). The van der Waals surface area contributed by atoms with Crippen molar-refractivity contribution in [2.45, 2.75) is 63.3 Å². The van der Waals surface area contributed by atoms with Gasteiger partial charge in [-0.15, -0.1) is 23.4 Å². The summed E-state index contributed by atoms with van der Waals surface area (Å²) in [6.45, 7) is 6.07. The summed E-state index contributed by atoms with van der Waals surface area (Å²) in [4.78, 5) is 19.5. The van der Waals surface area contributed by atoms with Gasteiger partial charge in [0.15, 0.2) is 5.60 Å². The molecular formula is C20H29ClN4O2S. The van der Waals surface area contributed by atoms with Gasteiger partial charge in [0.25, 0.3) is 0 Å². The number of hydrogen-bond donors (Lipinski definition) is 2. The van der Waals surface area contributed by atoms with Crippen LogP contribution in [0.1, 0.15) is 52.4 Å². The van der Waals surface area contributed by atoms with Gasteiger partial charge in [-0.3, -0.25) is 4.79 Å². The van der Waals surface area contributed by atoms with Crippen LogP contribution in [0.25, 0.3) is 0 Å². The minimum absolute atomic E-state index is 0.0339. The maximum atomic E-state index is 11.8. The molecule has 6 nitrogen and oxygen atoms in total. The van der Waals surface area contributed by atoms with Crippen molar-refractivity contribution in [3.8, 4) is 0 Å². The van der Waals surface area contributed by atoms with Crippen molar-refractivity contribution in [1.29, 1.82) is 5.41 Å². The predicted molar refractivity (Wildman–Crippen MR) is 114 cm³/mol. The van der Waals surface area contributed by atoms with Gasteiger partial charge in [0.2, 0.25) is 5.91 Å². The zero-order valence-electron chi connectivity index (χ0n) is 16.6. The molecule has 8 heteroatoms. The van der Waals surface area contributed by atoms with Crippen molar-refractivity contribution in [2.75, 3.05) is 19.0 Å². The highest BCUT2D eigenvalue weighted by Gasteiger charge is 2.50. The monoisotopic (exact) mass is 424 g/mol. The van der Waals surface area contributed by atoms with Crippen LogP contribution in [0.3, 0.4) is 0 Å². The highest BCUT2D eigenvalue weighted by Crippen LogP contribution is 2.46. The van der Waals surface area contributed by atoms with E-state index in [1.165, 1.54) is 0 Å². The molecule has 1 spiro atoms. The van der Waals surface area contributed by atoms with Crippen LogP contribution < -0.4 is 5.32 Å². The van der Waals surface area contributed by atoms with Gasteiger partial charge in [-0.25, -0.2) is 0 Å². The molecule has 3 aliphatic heterocycles. The van der Waals surface area contributed by atoms with Crippen LogP contribution in [-0.4, -0.2) is 52.2 Å². The lowest BCUT2D eigenvalue weighted by Gasteiger charge is -2.41. The molecule has 1 saturated carbocycles. The average molecular weight is 425 g/mol. The largest absolute Gasteiger partial charge is 0.382 e. The molecule has 0 aromatic carbocycles. The quantitative estimate of drug-likeness (QED) is 0.677. The molecule has 3 heterocycles. The summed E-state index contributed by atoms with van der Waals surface area (Å²) in [5.41, 5.74) is 2.30. The van der Waals surface area contributed by atoms with E-state index < -0.39 is 5.60 Å². The molecule has 2 fully saturated rings. The number of allylic oxidation sites excluding steroid dienone is 1. The fourth-order valence-electron chi connectivity index (χ4n) is 4.82. The first kappa shape index (κ1) is 20.1. The molecule has 0 bridgehead atoms. The molecular weight excluding hydrogens is 396 g/mol. The Morgan fingerprint density at radius 2 is 2.21 bits per heavy atom. The summed E-state index contributed by atoms with van der Waals surface area (Å²) in [5, 5.41) is 19.0. The molecule has 2 N–H and O–H groups in total. The number of carbonyl (C=O) groups excluding carboxylic acids is 1. The third-order valence-corrected chi connectivity index (χ3v) is 7.92. The summed E-state index contributed by atoms with van der Waals surface area (Å²) in [7, 11) is 0. The van der Waals surface area contributed by atoms with Crippen LogP contribution in [0, 0.1) is 16.7 Å². The number of hydrogen-bond acceptors (Lipinski definition) is 6. The van der Waals surface area contributed by atoms with Crippen LogP contribution in [0.5, 0.6) is 0 Å². The van der Waals surface area contributed by atoms with Gasteiger partial charge in [0.05, 0.1) is 16.8 Å². The van der Waals surface area contributed by atoms with E-state index >= 15 is 0 Å². The van der Waals surface area contributed by atoms with Crippen molar-refractivity contribution in [3.63, 3.8) is 0 Å². The van der Waals surface area contributed by atoms with E-state index in [9.17, 15) is 4.79 Å². The number of rotatable bonds is 3. The first-order chi connectivity index (χ1) is 13.3. The molecule has 2 unspecified atom stereocenters. The van der Waals surface area contributed by atoms with E-state index in [0.29, 0.717) is 23.4 Å². The standard InChI is InChI=1S/C20H29ClN4O2S/c1-19(2)6-3-16(22)20(12-19)9-14(24-27-20)15-11-28-18(23-15)13-4-7-25(8-5-13)17(26)10-21/h11,13,18,22-23H,3-10,12H2,1-2H3. The smallest absolute Gasteiger partial charge is 0.237 e. The number of amides is 1. The van der Waals surface area contributed by atoms with Crippen molar-refractivity contribution >= 4 is 40.7 Å². The van der Waals surface area contributed by atoms with E-state index in [-0.39, 0.29) is 17.2 Å². The Balaban J connectivity index is 1.33. The molecule has 28 heavy (non-hydrogen) atoms. The Kier molecular flexibility index (Phi) is 5.42. The third kappa shape index (κ3) is 3.80. The van der Waals surface area contributed by atoms with Gasteiger partial charge in [-0.05, 0) is 42.4 Å². The van der Waals surface area contributed by atoms with Crippen molar-refractivity contribution in [3.05, 3.63) is 11.1 Å². The van der Waals surface area contributed by atoms with E-state index in [1.807, 2.05) is 4.90 Å². The normalized spacial score (nSPS) is 32.8. The number of carbonyl (C=O) groups is 1. The van der Waals surface area contributed by atoms with E-state index in [4.69, 9.17) is 21.8 Å². The lowest BCUT2D eigenvalue weighted by Crippen LogP contribution is -2.47. The topological polar surface area (TPSA) is 77.8 Å². The second-order valence-corrected chi connectivity index (χ2v) is 10.5. The summed E-state index contributed by atoms with van der Waals surface area (Å²) < 4.78 is 0. The highest BCUT2D eigenvalue weighted by molar-refractivity contribution is 8.03. The summed E-state index contributed by atoms with van der Waals surface area (Å²) in [6.07, 6.45) is 5.34. The lowest BCUT2D eigenvalue weighted by atomic mass is 9.67. The van der Waals surface area contributed by atoms with Gasteiger partial charge in [0.1, 0.15) is 11.6 Å². The lowest BCUT2D eigenvalue weighted by molar-refractivity contribution is -0.129. The number of oxime groups is 1. The average Bonchev–Trinajstić information content (AvgIpc) is 3.32. The van der Waals surface area contributed by atoms with Gasteiger partial charge in [0, 0.05) is 25.9 Å². The van der Waals surface area contributed by atoms with Gasteiger partial charge < -0.3 is 20.5 Å². The second kappa shape index (κ2) is 7.56. The van der Waals surface area contributed by atoms with Crippen molar-refractivity contribution < 1.29 is 9.63 Å². The molecule has 1 saturated heterocycles. The van der Waals surface area contributed by atoms with Gasteiger partial charge >= 0.3 is 0 Å². The third-order valence-electron chi connectivity index (χ3n) is 6.53. The molecule has 4 aliphatic rings. The number of thioether (sulfide) groups is 1. The van der Waals surface area contributed by atoms with Crippen molar-refractivity contribution in [2.24, 2.45) is 16.5 Å². The summed E-state index contributed by atoms with van der Waals surface area (Å²) >= 11 is 7.48. The molecule has 154 valence electrons. The molecule has 0 aromatic heterocycles. The van der Waals surface area contributed by atoms with E-state index in [0.717, 1.165) is 56.6 Å². The Morgan fingerprint density at radius 3 is 2.93 bits per heavy atom. The number of nitrogens with one attached hydrogen (secondary N) is 2. The number of alkyl halides is 1. The fourth-order valence-corrected chi connectivity index (χ4v) is 6.16. The minimum Gasteiger partial charge on any atom is -0.382 e. The van der Waals surface area contributed by atoms with E-state index in [1.54, 1.807) is 11.8 Å². The molecule has 2 atom stereocenters. The van der Waals surface area contributed by atoms with E-state index in [2.05, 4.69) is 29.7 Å². The summed E-state index contributed by atoms with van der Waals surface area (Å²) in [5.74, 6) is 0.619. The van der Waals surface area contributed by atoms with Crippen LogP contribution >= 0.6 is 23.4 Å². The number of halogens is 1. The summed E-state index contributed by atoms with van der Waals surface area (Å²) in [6, 6.07) is 0. The number of nitrogens with zero attached hydrogens (tertiary/aromatic N) is 2. The second-order valence-electron chi connectivity index (χ2n) is 9.20. The fraction of sp³-hybridized carbons (Fsp3) is 0.750.